The normalized spacial score (nSPS) is 22.8. The molecule has 9 atom stereocenters. The molecule has 1 saturated carbocycles. The minimum atomic E-state index is -5.17. The molecule has 366 valence electrons. The van der Waals surface area contributed by atoms with Gasteiger partial charge in [0.25, 0.3) is 0 Å². The lowest BCUT2D eigenvalue weighted by molar-refractivity contribution is -0.220. The fourth-order valence-corrected chi connectivity index (χ4v) is 7.49. The van der Waals surface area contributed by atoms with E-state index in [1.807, 2.05) is 12.2 Å². The number of unbranched alkanes of at least 4 members (excludes halogenated alkanes) is 10. The van der Waals surface area contributed by atoms with Crippen LogP contribution < -0.4 is 0 Å². The number of esters is 2. The molecule has 0 heterocycles. The Labute approximate surface area is 382 Å². The first kappa shape index (κ1) is 59.0. The van der Waals surface area contributed by atoms with Gasteiger partial charge in [-0.25, -0.2) is 4.57 Å². The maximum Gasteiger partial charge on any atom is 0.472 e. The fraction of sp³-hybridized carbons (Fsp3) is 0.673. The van der Waals surface area contributed by atoms with Crippen molar-refractivity contribution in [3.8, 4) is 0 Å². The zero-order valence-electron chi connectivity index (χ0n) is 38.4. The summed E-state index contributed by atoms with van der Waals surface area (Å²) in [5.74, 6) is -1.32. The third-order valence-corrected chi connectivity index (χ3v) is 11.3. The van der Waals surface area contributed by atoms with E-state index in [4.69, 9.17) is 18.5 Å². The fourth-order valence-electron chi connectivity index (χ4n) is 6.52. The number of aliphatic hydroxyl groups is 6. The molecule has 0 spiro atoms. The Morgan fingerprint density at radius 3 is 1.67 bits per heavy atom. The quantitative estimate of drug-likeness (QED) is 0.0102. The van der Waals surface area contributed by atoms with E-state index in [1.165, 1.54) is 19.3 Å². The van der Waals surface area contributed by atoms with E-state index in [9.17, 15) is 49.7 Å². The number of carbonyl (C=O) groups is 2. The summed E-state index contributed by atoms with van der Waals surface area (Å²) in [7, 11) is -5.17. The molecule has 7 N–H and O–H groups in total. The summed E-state index contributed by atoms with van der Waals surface area (Å²) in [5, 5.41) is 60.5. The van der Waals surface area contributed by atoms with E-state index in [-0.39, 0.29) is 25.7 Å². The van der Waals surface area contributed by atoms with E-state index in [2.05, 4.69) is 74.6 Å². The molecule has 0 radical (unpaired) electrons. The Balaban J connectivity index is 2.55. The highest BCUT2D eigenvalue weighted by molar-refractivity contribution is 7.47. The number of hydrogen-bond donors (Lipinski definition) is 7. The Bertz CT molecular complexity index is 1460. The monoisotopic (exact) mass is 925 g/mol. The van der Waals surface area contributed by atoms with Crippen LogP contribution in [0.1, 0.15) is 149 Å². The largest absolute Gasteiger partial charge is 0.472 e. The van der Waals surface area contributed by atoms with Crippen molar-refractivity contribution in [3.05, 3.63) is 85.1 Å². The van der Waals surface area contributed by atoms with Crippen LogP contribution in [0.5, 0.6) is 0 Å². The van der Waals surface area contributed by atoms with Gasteiger partial charge in [0.15, 0.2) is 6.10 Å². The van der Waals surface area contributed by atoms with Crippen molar-refractivity contribution in [2.45, 2.75) is 198 Å². The van der Waals surface area contributed by atoms with E-state index in [0.29, 0.717) is 6.42 Å². The Kier molecular flexibility index (Phi) is 35.2. The van der Waals surface area contributed by atoms with Gasteiger partial charge in [0, 0.05) is 12.8 Å². The molecule has 1 aliphatic rings. The maximum atomic E-state index is 12.8. The maximum absolute atomic E-state index is 12.8. The second kappa shape index (κ2) is 38.1. The van der Waals surface area contributed by atoms with Crippen molar-refractivity contribution >= 4 is 19.8 Å². The molecule has 0 aromatic rings. The molecule has 0 aromatic carbocycles. The Morgan fingerprint density at radius 1 is 0.578 bits per heavy atom. The van der Waals surface area contributed by atoms with E-state index >= 15 is 0 Å². The molecular formula is C49H81O14P. The molecule has 0 bridgehead atoms. The topological polar surface area (TPSA) is 230 Å². The third kappa shape index (κ3) is 30.2. The first-order valence-corrected chi connectivity index (χ1v) is 25.0. The number of allylic oxidation sites excluding steroid dienone is 13. The van der Waals surface area contributed by atoms with Gasteiger partial charge in [-0.2, -0.15) is 0 Å². The molecule has 1 fully saturated rings. The Morgan fingerprint density at radius 2 is 1.08 bits per heavy atom. The van der Waals surface area contributed by atoms with Crippen LogP contribution in [0.4, 0.5) is 0 Å². The molecule has 1 aliphatic carbocycles. The molecule has 0 amide bonds. The van der Waals surface area contributed by atoms with Crippen molar-refractivity contribution in [1.29, 1.82) is 0 Å². The van der Waals surface area contributed by atoms with E-state index < -0.39 is 81.8 Å². The highest BCUT2D eigenvalue weighted by Gasteiger charge is 2.51. The van der Waals surface area contributed by atoms with Gasteiger partial charge in [-0.05, 0) is 77.0 Å². The highest BCUT2D eigenvalue weighted by Crippen LogP contribution is 2.47. The highest BCUT2D eigenvalue weighted by atomic mass is 31.2. The molecule has 15 heteroatoms. The minimum Gasteiger partial charge on any atom is -0.462 e. The van der Waals surface area contributed by atoms with Gasteiger partial charge in [-0.1, -0.05) is 144 Å². The van der Waals surface area contributed by atoms with E-state index in [1.54, 1.807) is 12.2 Å². The van der Waals surface area contributed by atoms with Crippen LogP contribution in [-0.4, -0.2) is 110 Å². The summed E-state index contributed by atoms with van der Waals surface area (Å²) in [6, 6.07) is 0. The lowest BCUT2D eigenvalue weighted by Gasteiger charge is -2.41. The number of aliphatic hydroxyl groups excluding tert-OH is 6. The van der Waals surface area contributed by atoms with Gasteiger partial charge in [0.1, 0.15) is 43.2 Å². The summed E-state index contributed by atoms with van der Waals surface area (Å²) in [6.07, 6.45) is 32.2. The zero-order chi connectivity index (χ0) is 47.3. The van der Waals surface area contributed by atoms with E-state index in [0.717, 1.165) is 83.5 Å². The van der Waals surface area contributed by atoms with Crippen LogP contribution in [-0.2, 0) is 32.7 Å². The van der Waals surface area contributed by atoms with Crippen LogP contribution in [0.2, 0.25) is 0 Å². The van der Waals surface area contributed by atoms with Crippen LogP contribution in [0.3, 0.4) is 0 Å². The number of hydrogen-bond acceptors (Lipinski definition) is 13. The van der Waals surface area contributed by atoms with Crippen molar-refractivity contribution in [3.63, 3.8) is 0 Å². The molecule has 0 aliphatic heterocycles. The Hall–Kier alpha value is -3.01. The van der Waals surface area contributed by atoms with Crippen LogP contribution in [0.25, 0.3) is 0 Å². The van der Waals surface area contributed by atoms with Gasteiger partial charge < -0.3 is 45.0 Å². The average molecular weight is 925 g/mol. The lowest BCUT2D eigenvalue weighted by atomic mass is 9.85. The first-order valence-electron chi connectivity index (χ1n) is 23.5. The summed E-state index contributed by atoms with van der Waals surface area (Å²) in [4.78, 5) is 35.7. The minimum absolute atomic E-state index is 0.0421. The first-order chi connectivity index (χ1) is 30.8. The smallest absolute Gasteiger partial charge is 0.462 e. The van der Waals surface area contributed by atoms with Gasteiger partial charge >= 0.3 is 19.8 Å². The molecule has 0 saturated heterocycles. The molecule has 4 unspecified atom stereocenters. The number of carbonyl (C=O) groups excluding carboxylic acids is 2. The lowest BCUT2D eigenvalue weighted by Crippen LogP contribution is -2.64. The summed E-state index contributed by atoms with van der Waals surface area (Å²) in [5.41, 5.74) is 0. The SMILES string of the molecule is CC/C=C\C/C=C\C/C=C\C/C=C\C=C\C(O)CCCC(=O)OC[C@H](COP(=O)(O)OC1[C@H](O)[C@H](O)C(O)[C@H](O)[C@H]1O)OC(=O)CCCCCCCCC/C=C\C/C=C\CCCCC. The molecule has 14 nitrogen and oxygen atoms in total. The number of phosphoric acid groups is 1. The number of rotatable bonds is 37. The molecule has 64 heavy (non-hydrogen) atoms. The second-order valence-corrected chi connectivity index (χ2v) is 17.5. The number of phosphoric ester groups is 1. The van der Waals surface area contributed by atoms with Crippen molar-refractivity contribution in [1.82, 2.24) is 0 Å². The predicted octanol–water partition coefficient (Wildman–Crippen LogP) is 8.25. The predicted molar refractivity (Wildman–Crippen MR) is 250 cm³/mol. The molecular weight excluding hydrogens is 843 g/mol. The van der Waals surface area contributed by atoms with Gasteiger partial charge in [-0.3, -0.25) is 18.6 Å². The van der Waals surface area contributed by atoms with Gasteiger partial charge in [-0.15, -0.1) is 0 Å². The van der Waals surface area contributed by atoms with Crippen molar-refractivity contribution < 1.29 is 68.2 Å². The second-order valence-electron chi connectivity index (χ2n) is 16.1. The van der Waals surface area contributed by atoms with Gasteiger partial charge in [0.2, 0.25) is 0 Å². The standard InChI is InChI=1S/C49H81O14P/c1-3-5-7-9-11-13-15-17-18-19-20-22-24-26-28-30-32-36-43(52)62-41(39-61-64(58,59)63-49-47(56)45(54)44(53)46(55)48(49)57)38-60-42(51)37-33-35-40(50)34-31-29-27-25-23-21-16-14-12-10-8-6-4-2/h6,8,11-14,17-18,21,23,27,29,31,34,40-41,44-50,53-57H,3-5,7,9-10,15-16,19-20,22,24-26,28,30,32-33,35-39H2,1-2H3,(H,58,59)/b8-6-,13-11-,14-12-,18-17-,23-21-,29-27-,34-31+/t40?,41-,44?,45-,46+,47-,48-,49?/m1/s1. The van der Waals surface area contributed by atoms with Crippen molar-refractivity contribution in [2.24, 2.45) is 0 Å². The molecule has 1 rings (SSSR count). The number of ether oxygens (including phenoxy) is 2. The summed E-state index contributed by atoms with van der Waals surface area (Å²) < 4.78 is 33.4. The summed E-state index contributed by atoms with van der Waals surface area (Å²) >= 11 is 0. The molecule has 0 aromatic heterocycles. The van der Waals surface area contributed by atoms with Crippen molar-refractivity contribution in [2.75, 3.05) is 13.2 Å². The van der Waals surface area contributed by atoms with Crippen LogP contribution in [0, 0.1) is 0 Å². The third-order valence-electron chi connectivity index (χ3n) is 10.3. The van der Waals surface area contributed by atoms with Crippen LogP contribution in [0.15, 0.2) is 85.1 Å². The van der Waals surface area contributed by atoms with Gasteiger partial charge in [0.05, 0.1) is 12.7 Å². The summed E-state index contributed by atoms with van der Waals surface area (Å²) in [6.45, 7) is 2.97. The zero-order valence-corrected chi connectivity index (χ0v) is 39.3. The average Bonchev–Trinajstić information content (AvgIpc) is 3.27. The van der Waals surface area contributed by atoms with Crippen LogP contribution >= 0.6 is 7.82 Å².